The molecule has 1 rings (SSSR count). The molecule has 0 amide bonds. The molecule has 0 aromatic heterocycles. The summed E-state index contributed by atoms with van der Waals surface area (Å²) in [6, 6.07) is 4.13. The van der Waals surface area contributed by atoms with E-state index in [0.29, 0.717) is 24.9 Å². The Morgan fingerprint density at radius 2 is 2.11 bits per heavy atom. The lowest BCUT2D eigenvalue weighted by Crippen LogP contribution is -2.26. The summed E-state index contributed by atoms with van der Waals surface area (Å²) < 4.78 is 26.3. The van der Waals surface area contributed by atoms with E-state index in [1.165, 1.54) is 18.2 Å². The maximum absolute atomic E-state index is 11.9. The van der Waals surface area contributed by atoms with E-state index < -0.39 is 16.0 Å². The largest absolute Gasteiger partial charge is 0.478 e. The van der Waals surface area contributed by atoms with Crippen molar-refractivity contribution in [2.24, 2.45) is 5.73 Å². The first-order valence-electron chi connectivity index (χ1n) is 5.98. The van der Waals surface area contributed by atoms with Crippen molar-refractivity contribution in [3.05, 3.63) is 29.3 Å². The van der Waals surface area contributed by atoms with Crippen molar-refractivity contribution in [2.75, 3.05) is 13.1 Å². The molecule has 7 heteroatoms. The zero-order valence-electron chi connectivity index (χ0n) is 10.7. The van der Waals surface area contributed by atoms with Gasteiger partial charge in [-0.05, 0) is 37.1 Å². The van der Waals surface area contributed by atoms with Crippen LogP contribution in [0.1, 0.15) is 29.3 Å². The van der Waals surface area contributed by atoms with Gasteiger partial charge in [-0.25, -0.2) is 17.9 Å². The van der Waals surface area contributed by atoms with Gasteiger partial charge < -0.3 is 10.8 Å². The lowest BCUT2D eigenvalue weighted by atomic mass is 10.1. The topological polar surface area (TPSA) is 109 Å². The number of nitrogens with two attached hydrogens (primary N) is 1. The first-order chi connectivity index (χ1) is 8.92. The fraction of sp³-hybridized carbons (Fsp3) is 0.417. The number of carboxylic acid groups (broad SMARTS) is 1. The highest BCUT2D eigenvalue weighted by atomic mass is 32.2. The predicted octanol–water partition coefficient (Wildman–Crippen LogP) is 0.574. The average molecular weight is 286 g/mol. The zero-order chi connectivity index (χ0) is 14.5. The number of benzene rings is 1. The molecule has 4 N–H and O–H groups in total. The number of aromatic carboxylic acids is 1. The van der Waals surface area contributed by atoms with Crippen LogP contribution < -0.4 is 10.5 Å². The van der Waals surface area contributed by atoms with Crippen LogP contribution in [0.25, 0.3) is 0 Å². The van der Waals surface area contributed by atoms with Crippen LogP contribution in [0.2, 0.25) is 0 Å². The molecular weight excluding hydrogens is 268 g/mol. The molecule has 0 radical (unpaired) electrons. The summed E-state index contributed by atoms with van der Waals surface area (Å²) in [5, 5.41) is 9.07. The molecule has 1 aromatic carbocycles. The first kappa shape index (κ1) is 15.6. The normalized spacial score (nSPS) is 11.5. The molecule has 0 saturated heterocycles. The smallest absolute Gasteiger partial charge is 0.336 e. The SMILES string of the molecule is CCc1ccc(S(=O)(=O)NCCCN)cc1C(=O)O. The van der Waals surface area contributed by atoms with Crippen LogP contribution in [-0.4, -0.2) is 32.6 Å². The van der Waals surface area contributed by atoms with Gasteiger partial charge in [0, 0.05) is 6.54 Å². The second-order valence-corrected chi connectivity index (χ2v) is 5.78. The Morgan fingerprint density at radius 1 is 1.42 bits per heavy atom. The van der Waals surface area contributed by atoms with E-state index in [2.05, 4.69) is 4.72 Å². The van der Waals surface area contributed by atoms with E-state index in [4.69, 9.17) is 10.8 Å². The molecule has 0 aliphatic rings. The van der Waals surface area contributed by atoms with Crippen LogP contribution in [0.3, 0.4) is 0 Å². The highest BCUT2D eigenvalue weighted by Gasteiger charge is 2.17. The molecule has 0 aliphatic carbocycles. The van der Waals surface area contributed by atoms with Crippen LogP contribution in [0.4, 0.5) is 0 Å². The third kappa shape index (κ3) is 4.02. The summed E-state index contributed by atoms with van der Waals surface area (Å²) in [5.74, 6) is -1.13. The van der Waals surface area contributed by atoms with Gasteiger partial charge in [0.1, 0.15) is 0 Å². The highest BCUT2D eigenvalue weighted by Crippen LogP contribution is 2.17. The maximum Gasteiger partial charge on any atom is 0.336 e. The number of nitrogens with one attached hydrogen (secondary N) is 1. The second kappa shape index (κ2) is 6.65. The molecule has 19 heavy (non-hydrogen) atoms. The minimum absolute atomic E-state index is 0.0178. The highest BCUT2D eigenvalue weighted by molar-refractivity contribution is 7.89. The number of hydrogen-bond donors (Lipinski definition) is 3. The van der Waals surface area contributed by atoms with Crippen molar-refractivity contribution in [1.29, 1.82) is 0 Å². The number of carboxylic acids is 1. The fourth-order valence-corrected chi connectivity index (χ4v) is 2.72. The Labute approximate surface area is 112 Å². The van der Waals surface area contributed by atoms with Gasteiger partial charge in [-0.2, -0.15) is 0 Å². The molecule has 0 bridgehead atoms. The van der Waals surface area contributed by atoms with Crippen molar-refractivity contribution in [3.63, 3.8) is 0 Å². The van der Waals surface area contributed by atoms with E-state index in [9.17, 15) is 13.2 Å². The lowest BCUT2D eigenvalue weighted by molar-refractivity contribution is 0.0695. The van der Waals surface area contributed by atoms with Gasteiger partial charge in [0.2, 0.25) is 10.0 Å². The number of rotatable bonds is 7. The summed E-state index contributed by atoms with van der Waals surface area (Å²) in [6.45, 7) is 2.43. The second-order valence-electron chi connectivity index (χ2n) is 4.02. The van der Waals surface area contributed by atoms with Gasteiger partial charge in [-0.1, -0.05) is 13.0 Å². The van der Waals surface area contributed by atoms with Crippen LogP contribution in [0.15, 0.2) is 23.1 Å². The summed E-state index contributed by atoms with van der Waals surface area (Å²) in [6.07, 6.45) is 1.06. The molecule has 106 valence electrons. The summed E-state index contributed by atoms with van der Waals surface area (Å²) in [4.78, 5) is 11.0. The van der Waals surface area contributed by atoms with Gasteiger partial charge in [0.05, 0.1) is 10.5 Å². The Balaban J connectivity index is 3.07. The monoisotopic (exact) mass is 286 g/mol. The van der Waals surface area contributed by atoms with Gasteiger partial charge in [0.15, 0.2) is 0 Å². The van der Waals surface area contributed by atoms with Gasteiger partial charge in [-0.3, -0.25) is 0 Å². The molecule has 1 aromatic rings. The van der Waals surface area contributed by atoms with E-state index in [1.54, 1.807) is 0 Å². The lowest BCUT2D eigenvalue weighted by Gasteiger charge is -2.09. The van der Waals surface area contributed by atoms with Crippen molar-refractivity contribution < 1.29 is 18.3 Å². The predicted molar refractivity (Wildman–Crippen MR) is 71.6 cm³/mol. The minimum Gasteiger partial charge on any atom is -0.478 e. The van der Waals surface area contributed by atoms with Crippen molar-refractivity contribution in [2.45, 2.75) is 24.7 Å². The van der Waals surface area contributed by atoms with Crippen molar-refractivity contribution in [3.8, 4) is 0 Å². The van der Waals surface area contributed by atoms with Crippen molar-refractivity contribution in [1.82, 2.24) is 4.72 Å². The Bertz CT molecular complexity index is 555. The van der Waals surface area contributed by atoms with Crippen LogP contribution in [0.5, 0.6) is 0 Å². The molecule has 0 aliphatic heterocycles. The number of aryl methyl sites for hydroxylation is 1. The molecule has 0 atom stereocenters. The van der Waals surface area contributed by atoms with Crippen LogP contribution in [0, 0.1) is 0 Å². The average Bonchev–Trinajstić information content (AvgIpc) is 2.38. The van der Waals surface area contributed by atoms with Crippen LogP contribution >= 0.6 is 0 Å². The number of carbonyl (C=O) groups is 1. The number of hydrogen-bond acceptors (Lipinski definition) is 4. The Kier molecular flexibility index (Phi) is 5.46. The molecular formula is C12H18N2O4S. The van der Waals surface area contributed by atoms with E-state index >= 15 is 0 Å². The molecule has 0 fully saturated rings. The Morgan fingerprint density at radius 3 is 2.63 bits per heavy atom. The minimum atomic E-state index is -3.68. The maximum atomic E-state index is 11.9. The molecule has 6 nitrogen and oxygen atoms in total. The molecule has 0 spiro atoms. The summed E-state index contributed by atoms with van der Waals surface area (Å²) in [5.41, 5.74) is 5.91. The molecule has 0 unspecified atom stereocenters. The van der Waals surface area contributed by atoms with Gasteiger partial charge >= 0.3 is 5.97 Å². The van der Waals surface area contributed by atoms with Gasteiger partial charge in [0.25, 0.3) is 0 Å². The quantitative estimate of drug-likeness (QED) is 0.635. The fourth-order valence-electron chi connectivity index (χ4n) is 1.62. The zero-order valence-corrected chi connectivity index (χ0v) is 11.5. The first-order valence-corrected chi connectivity index (χ1v) is 7.46. The van der Waals surface area contributed by atoms with E-state index in [-0.39, 0.29) is 17.0 Å². The third-order valence-electron chi connectivity index (χ3n) is 2.68. The molecule has 0 saturated carbocycles. The van der Waals surface area contributed by atoms with E-state index in [1.807, 2.05) is 6.92 Å². The summed E-state index contributed by atoms with van der Waals surface area (Å²) >= 11 is 0. The standard InChI is InChI=1S/C12H18N2O4S/c1-2-9-4-5-10(8-11(9)12(15)16)19(17,18)14-7-3-6-13/h4-5,8,14H,2-3,6-7,13H2,1H3,(H,15,16). The van der Waals surface area contributed by atoms with Gasteiger partial charge in [-0.15, -0.1) is 0 Å². The van der Waals surface area contributed by atoms with Crippen molar-refractivity contribution >= 4 is 16.0 Å². The van der Waals surface area contributed by atoms with Crippen LogP contribution in [-0.2, 0) is 16.4 Å². The van der Waals surface area contributed by atoms with E-state index in [0.717, 1.165) is 0 Å². The third-order valence-corrected chi connectivity index (χ3v) is 4.13. The number of sulfonamides is 1. The summed E-state index contributed by atoms with van der Waals surface area (Å²) in [7, 11) is -3.68. The Hall–Kier alpha value is -1.44. The molecule has 0 heterocycles.